The Morgan fingerprint density at radius 1 is 1.09 bits per heavy atom. The summed E-state index contributed by atoms with van der Waals surface area (Å²) in [6.07, 6.45) is 2.43. The number of nitrogens with zero attached hydrogens (tertiary/aromatic N) is 2. The van der Waals surface area contributed by atoms with Crippen molar-refractivity contribution in [2.24, 2.45) is 5.41 Å². The third kappa shape index (κ3) is 5.29. The second-order valence-electron chi connectivity index (χ2n) is 8.59. The van der Waals surface area contributed by atoms with E-state index in [2.05, 4.69) is 4.79 Å². The number of sulfone groups is 2. The van der Waals surface area contributed by atoms with Crippen molar-refractivity contribution in [2.45, 2.75) is 39.7 Å². The van der Waals surface area contributed by atoms with E-state index in [1.54, 1.807) is 26.8 Å². The normalized spacial score (nSPS) is 19.3. The number of hydrogen-bond acceptors (Lipinski definition) is 7. The van der Waals surface area contributed by atoms with Crippen molar-refractivity contribution in [1.82, 2.24) is 0 Å². The highest BCUT2D eigenvalue weighted by molar-refractivity contribution is 8.12. The van der Waals surface area contributed by atoms with Crippen LogP contribution >= 0.6 is 0 Å². The number of esters is 1. The summed E-state index contributed by atoms with van der Waals surface area (Å²) in [4.78, 5) is 26.7. The lowest BCUT2D eigenvalue weighted by molar-refractivity contribution is -0.163. The molecule has 2 rings (SSSR count). The topological polar surface area (TPSA) is 148 Å². The maximum Gasteiger partial charge on any atom is 0.456 e. The SMILES string of the molecule is CC(C)(C)OC(=O)C1(C)C=CC(S(=O)(=O)C(=[N+]=[N-])C(=O)c2ccccc2)=C(S(C)(=O)=O)C1. The van der Waals surface area contributed by atoms with Crippen LogP contribution in [0.1, 0.15) is 44.5 Å². The number of carbonyl (C=O) groups excluding carboxylic acids is 2. The van der Waals surface area contributed by atoms with Gasteiger partial charge in [-0.1, -0.05) is 36.4 Å². The number of rotatable bonds is 5. The Labute approximate surface area is 187 Å². The molecule has 1 aromatic carbocycles. The molecular formula is C21H24N2O7S2. The molecule has 1 unspecified atom stereocenters. The van der Waals surface area contributed by atoms with Gasteiger partial charge in [0.1, 0.15) is 5.60 Å². The van der Waals surface area contributed by atoms with Crippen LogP contribution in [-0.4, -0.2) is 50.3 Å². The first-order chi connectivity index (χ1) is 14.5. The minimum atomic E-state index is -4.85. The van der Waals surface area contributed by atoms with Crippen LogP contribution in [0.3, 0.4) is 0 Å². The number of ketones is 1. The molecule has 0 saturated carbocycles. The van der Waals surface area contributed by atoms with Gasteiger partial charge in [-0.2, -0.15) is 0 Å². The maximum atomic E-state index is 13.2. The van der Waals surface area contributed by atoms with E-state index < -0.39 is 63.7 Å². The van der Waals surface area contributed by atoms with Crippen LogP contribution < -0.4 is 0 Å². The number of Topliss-reactive ketones (excluding diaryl/α,β-unsaturated/α-hetero) is 1. The first-order valence-corrected chi connectivity index (χ1v) is 12.8. The Balaban J connectivity index is 2.62. The van der Waals surface area contributed by atoms with Crippen LogP contribution in [0.2, 0.25) is 0 Å². The molecule has 1 aliphatic carbocycles. The molecule has 0 fully saturated rings. The van der Waals surface area contributed by atoms with E-state index in [1.807, 2.05) is 0 Å². The lowest BCUT2D eigenvalue weighted by atomic mass is 9.83. The Hall–Kier alpha value is -2.88. The van der Waals surface area contributed by atoms with Gasteiger partial charge in [0.05, 0.1) is 15.2 Å². The zero-order chi connectivity index (χ0) is 24.5. The van der Waals surface area contributed by atoms with Gasteiger partial charge in [-0.05, 0) is 33.8 Å². The van der Waals surface area contributed by atoms with Crippen molar-refractivity contribution in [1.29, 1.82) is 0 Å². The van der Waals surface area contributed by atoms with Crippen molar-refractivity contribution < 1.29 is 36.0 Å². The Bertz CT molecular complexity index is 1280. The highest BCUT2D eigenvalue weighted by atomic mass is 32.2. The fourth-order valence-corrected chi connectivity index (χ4v) is 6.03. The van der Waals surface area contributed by atoms with Gasteiger partial charge in [-0.25, -0.2) is 16.8 Å². The fraction of sp³-hybridized carbons (Fsp3) is 0.381. The molecule has 0 N–H and O–H groups in total. The highest BCUT2D eigenvalue weighted by Crippen LogP contribution is 2.40. The van der Waals surface area contributed by atoms with Crippen LogP contribution in [0.15, 0.2) is 52.3 Å². The van der Waals surface area contributed by atoms with Crippen LogP contribution in [-0.2, 0) is 29.2 Å². The van der Waals surface area contributed by atoms with E-state index >= 15 is 0 Å². The predicted octanol–water partition coefficient (Wildman–Crippen LogP) is 2.48. The van der Waals surface area contributed by atoms with Gasteiger partial charge in [-0.15, -0.1) is 4.79 Å². The van der Waals surface area contributed by atoms with Crippen molar-refractivity contribution in [3.63, 3.8) is 0 Å². The first-order valence-electron chi connectivity index (χ1n) is 9.46. The summed E-state index contributed by atoms with van der Waals surface area (Å²) >= 11 is 0. The number of benzene rings is 1. The highest BCUT2D eigenvalue weighted by Gasteiger charge is 2.47. The largest absolute Gasteiger partial charge is 0.459 e. The molecule has 172 valence electrons. The molecule has 0 saturated heterocycles. The first kappa shape index (κ1) is 25.4. The van der Waals surface area contributed by atoms with E-state index in [9.17, 15) is 32.0 Å². The average molecular weight is 481 g/mol. The molecule has 9 nitrogen and oxygen atoms in total. The summed E-state index contributed by atoms with van der Waals surface area (Å²) in [7, 11) is -9.00. The third-order valence-corrected chi connectivity index (χ3v) is 7.71. The zero-order valence-electron chi connectivity index (χ0n) is 18.3. The van der Waals surface area contributed by atoms with Crippen molar-refractivity contribution in [3.05, 3.63) is 63.4 Å². The predicted molar refractivity (Wildman–Crippen MR) is 118 cm³/mol. The molecule has 32 heavy (non-hydrogen) atoms. The molecule has 0 heterocycles. The summed E-state index contributed by atoms with van der Waals surface area (Å²) < 4.78 is 56.7. The summed E-state index contributed by atoms with van der Waals surface area (Å²) in [5, 5.41) is -1.23. The Kier molecular flexibility index (Phi) is 6.80. The molecular weight excluding hydrogens is 456 g/mol. The van der Waals surface area contributed by atoms with Gasteiger partial charge in [0.25, 0.3) is 15.6 Å². The Morgan fingerprint density at radius 3 is 2.12 bits per heavy atom. The van der Waals surface area contributed by atoms with Crippen LogP contribution in [0.4, 0.5) is 0 Å². The van der Waals surface area contributed by atoms with Gasteiger partial charge < -0.3 is 10.3 Å². The van der Waals surface area contributed by atoms with Gasteiger partial charge in [-0.3, -0.25) is 9.59 Å². The van der Waals surface area contributed by atoms with E-state index in [0.717, 1.165) is 12.3 Å². The minimum Gasteiger partial charge on any atom is -0.459 e. The lowest BCUT2D eigenvalue weighted by Crippen LogP contribution is -2.38. The minimum absolute atomic E-state index is 0.0660. The summed E-state index contributed by atoms with van der Waals surface area (Å²) in [6, 6.07) is 7.23. The summed E-state index contributed by atoms with van der Waals surface area (Å²) in [6.45, 7) is 6.35. The molecule has 0 radical (unpaired) electrons. The van der Waals surface area contributed by atoms with E-state index in [1.165, 1.54) is 37.3 Å². The van der Waals surface area contributed by atoms with Crippen LogP contribution in [0.5, 0.6) is 0 Å². The Morgan fingerprint density at radius 2 is 1.66 bits per heavy atom. The third-order valence-electron chi connectivity index (χ3n) is 4.58. The van der Waals surface area contributed by atoms with Gasteiger partial charge >= 0.3 is 11.0 Å². The standard InChI is InChI=1S/C21H24N2O7S2/c1-20(2,3)30-19(25)21(4)12-11-15(16(13-21)31(5,26)27)32(28,29)18(23-22)17(24)14-9-7-6-8-10-14/h6-12H,13H2,1-5H3. The summed E-state index contributed by atoms with van der Waals surface area (Å²) in [5.74, 6) is -1.85. The van der Waals surface area contributed by atoms with E-state index in [0.29, 0.717) is 0 Å². The molecule has 0 bridgehead atoms. The monoisotopic (exact) mass is 480 g/mol. The second-order valence-corrected chi connectivity index (χ2v) is 12.5. The molecule has 11 heteroatoms. The van der Waals surface area contributed by atoms with Gasteiger partial charge in [0, 0.05) is 18.2 Å². The molecule has 0 amide bonds. The molecule has 0 aliphatic heterocycles. The molecule has 0 aromatic heterocycles. The van der Waals surface area contributed by atoms with Gasteiger partial charge in [0.2, 0.25) is 0 Å². The summed E-state index contributed by atoms with van der Waals surface area (Å²) in [5.41, 5.74) is 6.96. The van der Waals surface area contributed by atoms with Crippen LogP contribution in [0.25, 0.3) is 5.53 Å². The van der Waals surface area contributed by atoms with Gasteiger partial charge in [0.15, 0.2) is 9.84 Å². The quantitative estimate of drug-likeness (QED) is 0.157. The van der Waals surface area contributed by atoms with Crippen LogP contribution in [0, 0.1) is 5.41 Å². The fourth-order valence-electron chi connectivity index (χ4n) is 2.96. The average Bonchev–Trinajstić information content (AvgIpc) is 2.66. The number of ether oxygens (including phenoxy) is 1. The number of carbonyl (C=O) groups is 2. The van der Waals surface area contributed by atoms with E-state index in [-0.39, 0.29) is 5.56 Å². The van der Waals surface area contributed by atoms with E-state index in [4.69, 9.17) is 4.74 Å². The molecule has 0 spiro atoms. The zero-order valence-corrected chi connectivity index (χ0v) is 20.0. The second kappa shape index (κ2) is 8.57. The number of allylic oxidation sites excluding steroid dienone is 2. The molecule has 1 aliphatic rings. The molecule has 1 aromatic rings. The maximum absolute atomic E-state index is 13.2. The molecule has 1 atom stereocenters. The number of hydrogen-bond donors (Lipinski definition) is 0. The smallest absolute Gasteiger partial charge is 0.456 e. The van der Waals surface area contributed by atoms with Crippen molar-refractivity contribution >= 4 is 36.5 Å². The van der Waals surface area contributed by atoms with Crippen molar-refractivity contribution in [3.8, 4) is 0 Å². The van der Waals surface area contributed by atoms with Crippen molar-refractivity contribution in [2.75, 3.05) is 6.26 Å². The lowest BCUT2D eigenvalue weighted by Gasteiger charge is -2.32.